The van der Waals surface area contributed by atoms with Gasteiger partial charge in [0.05, 0.1) is 12.6 Å². The average Bonchev–Trinajstić information content (AvgIpc) is 2.31. The van der Waals surface area contributed by atoms with Crippen LogP contribution in [0.15, 0.2) is 0 Å². The summed E-state index contributed by atoms with van der Waals surface area (Å²) in [7, 11) is 1.97. The van der Waals surface area contributed by atoms with Crippen LogP contribution in [0.4, 0.5) is 0 Å². The van der Waals surface area contributed by atoms with Gasteiger partial charge in [0.1, 0.15) is 0 Å². The standard InChI is InChI=1S/C11H23N3O2/c1-3-10(11(15)13-12)14(2)7-9-5-4-6-16-8-9/h9-10H,3-8,12H2,1-2H3,(H,13,15). The minimum Gasteiger partial charge on any atom is -0.381 e. The molecule has 0 radical (unpaired) electrons. The molecule has 0 spiro atoms. The smallest absolute Gasteiger partial charge is 0.251 e. The van der Waals surface area contributed by atoms with Crippen LogP contribution in [0.1, 0.15) is 26.2 Å². The first-order valence-corrected chi connectivity index (χ1v) is 5.97. The topological polar surface area (TPSA) is 67.6 Å². The summed E-state index contributed by atoms with van der Waals surface area (Å²) in [6, 6.07) is -0.132. The van der Waals surface area contributed by atoms with Gasteiger partial charge in [0.25, 0.3) is 5.91 Å². The zero-order valence-electron chi connectivity index (χ0n) is 10.2. The van der Waals surface area contributed by atoms with E-state index in [0.29, 0.717) is 5.92 Å². The number of carbonyl (C=O) groups excluding carboxylic acids is 1. The number of amides is 1. The predicted octanol–water partition coefficient (Wildman–Crippen LogP) is 0.113. The Morgan fingerprint density at radius 1 is 1.69 bits per heavy atom. The van der Waals surface area contributed by atoms with Crippen molar-refractivity contribution in [1.29, 1.82) is 0 Å². The molecule has 0 saturated carbocycles. The van der Waals surface area contributed by atoms with Crippen LogP contribution in [0.25, 0.3) is 0 Å². The molecule has 16 heavy (non-hydrogen) atoms. The quantitative estimate of drug-likeness (QED) is 0.399. The zero-order chi connectivity index (χ0) is 12.0. The maximum atomic E-state index is 11.5. The lowest BCUT2D eigenvalue weighted by molar-refractivity contribution is -0.126. The van der Waals surface area contributed by atoms with Gasteiger partial charge in [-0.2, -0.15) is 0 Å². The molecule has 1 heterocycles. The second-order valence-electron chi connectivity index (χ2n) is 4.46. The summed E-state index contributed by atoms with van der Waals surface area (Å²) in [5.41, 5.74) is 2.22. The van der Waals surface area contributed by atoms with Gasteiger partial charge in [0, 0.05) is 13.2 Å². The van der Waals surface area contributed by atoms with Crippen molar-refractivity contribution >= 4 is 5.91 Å². The number of nitrogens with one attached hydrogen (secondary N) is 1. The van der Waals surface area contributed by atoms with Crippen LogP contribution in [-0.2, 0) is 9.53 Å². The summed E-state index contributed by atoms with van der Waals surface area (Å²) in [5.74, 6) is 5.60. The van der Waals surface area contributed by atoms with E-state index < -0.39 is 0 Å². The Labute approximate surface area is 97.3 Å². The normalized spacial score (nSPS) is 23.1. The SMILES string of the molecule is CCC(C(=O)NN)N(C)CC1CCCOC1. The third-order valence-corrected chi connectivity index (χ3v) is 3.16. The first kappa shape index (κ1) is 13.4. The van der Waals surface area contributed by atoms with Gasteiger partial charge in [-0.15, -0.1) is 0 Å². The highest BCUT2D eigenvalue weighted by atomic mass is 16.5. The monoisotopic (exact) mass is 229 g/mol. The van der Waals surface area contributed by atoms with E-state index in [4.69, 9.17) is 10.6 Å². The highest BCUT2D eigenvalue weighted by molar-refractivity contribution is 5.80. The first-order valence-electron chi connectivity index (χ1n) is 5.97. The van der Waals surface area contributed by atoms with E-state index in [1.165, 1.54) is 6.42 Å². The van der Waals surface area contributed by atoms with Crippen molar-refractivity contribution in [2.75, 3.05) is 26.8 Å². The highest BCUT2D eigenvalue weighted by Crippen LogP contribution is 2.16. The van der Waals surface area contributed by atoms with E-state index >= 15 is 0 Å². The molecular weight excluding hydrogens is 206 g/mol. The van der Waals surface area contributed by atoms with Gasteiger partial charge >= 0.3 is 0 Å². The van der Waals surface area contributed by atoms with Crippen LogP contribution in [0.5, 0.6) is 0 Å². The number of nitrogens with two attached hydrogens (primary N) is 1. The molecule has 1 aliphatic rings. The second-order valence-corrected chi connectivity index (χ2v) is 4.46. The van der Waals surface area contributed by atoms with E-state index in [9.17, 15) is 4.79 Å². The van der Waals surface area contributed by atoms with Crippen molar-refractivity contribution in [2.45, 2.75) is 32.2 Å². The third kappa shape index (κ3) is 3.73. The van der Waals surface area contributed by atoms with E-state index in [2.05, 4.69) is 10.3 Å². The van der Waals surface area contributed by atoms with Crippen LogP contribution < -0.4 is 11.3 Å². The maximum absolute atomic E-state index is 11.5. The lowest BCUT2D eigenvalue weighted by Crippen LogP contribution is -2.49. The molecule has 1 fully saturated rings. The Bertz CT molecular complexity index is 217. The summed E-state index contributed by atoms with van der Waals surface area (Å²) in [6.45, 7) is 4.57. The maximum Gasteiger partial charge on any atom is 0.251 e. The number of ether oxygens (including phenoxy) is 1. The molecule has 1 rings (SSSR count). The lowest BCUT2D eigenvalue weighted by Gasteiger charge is -2.31. The van der Waals surface area contributed by atoms with Gasteiger partial charge in [0.2, 0.25) is 0 Å². The molecule has 3 N–H and O–H groups in total. The molecule has 0 aliphatic carbocycles. The summed E-state index contributed by atoms with van der Waals surface area (Å²) >= 11 is 0. The molecule has 0 aromatic heterocycles. The number of carbonyl (C=O) groups is 1. The number of hydrogen-bond donors (Lipinski definition) is 2. The van der Waals surface area contributed by atoms with Crippen LogP contribution in [0, 0.1) is 5.92 Å². The summed E-state index contributed by atoms with van der Waals surface area (Å²) in [5, 5.41) is 0. The van der Waals surface area contributed by atoms with Crippen molar-refractivity contribution in [3.63, 3.8) is 0 Å². The Kier molecular flexibility index (Phi) is 5.73. The Morgan fingerprint density at radius 3 is 2.94 bits per heavy atom. The van der Waals surface area contributed by atoms with Crippen molar-refractivity contribution < 1.29 is 9.53 Å². The fourth-order valence-electron chi connectivity index (χ4n) is 2.28. The molecule has 2 atom stereocenters. The minimum absolute atomic E-state index is 0.110. The number of rotatable bonds is 5. The number of hydrogen-bond acceptors (Lipinski definition) is 4. The largest absolute Gasteiger partial charge is 0.381 e. The van der Waals surface area contributed by atoms with E-state index in [-0.39, 0.29) is 11.9 Å². The average molecular weight is 229 g/mol. The van der Waals surface area contributed by atoms with Crippen molar-refractivity contribution in [3.8, 4) is 0 Å². The molecular formula is C11H23N3O2. The van der Waals surface area contributed by atoms with Crippen LogP contribution in [0.2, 0.25) is 0 Å². The predicted molar refractivity (Wildman–Crippen MR) is 62.6 cm³/mol. The van der Waals surface area contributed by atoms with Gasteiger partial charge in [-0.1, -0.05) is 6.92 Å². The number of hydrazine groups is 1. The van der Waals surface area contributed by atoms with Gasteiger partial charge in [0.15, 0.2) is 0 Å². The van der Waals surface area contributed by atoms with Gasteiger partial charge in [-0.3, -0.25) is 15.1 Å². The molecule has 5 nitrogen and oxygen atoms in total. The lowest BCUT2D eigenvalue weighted by atomic mass is 10.0. The van der Waals surface area contributed by atoms with E-state index in [1.807, 2.05) is 14.0 Å². The Hall–Kier alpha value is -0.650. The minimum atomic E-state index is -0.132. The van der Waals surface area contributed by atoms with E-state index in [0.717, 1.165) is 32.6 Å². The first-order chi connectivity index (χ1) is 7.69. The number of nitrogens with zero attached hydrogens (tertiary/aromatic N) is 1. The fraction of sp³-hybridized carbons (Fsp3) is 0.909. The van der Waals surface area contributed by atoms with Crippen LogP contribution >= 0.6 is 0 Å². The number of likely N-dealkylation sites (N-methyl/N-ethyl adjacent to an activating group) is 1. The van der Waals surface area contributed by atoms with Crippen molar-refractivity contribution in [2.24, 2.45) is 11.8 Å². The summed E-state index contributed by atoms with van der Waals surface area (Å²) in [6.07, 6.45) is 3.08. The van der Waals surface area contributed by atoms with E-state index in [1.54, 1.807) is 0 Å². The molecule has 2 unspecified atom stereocenters. The molecule has 0 aromatic carbocycles. The third-order valence-electron chi connectivity index (χ3n) is 3.16. The zero-order valence-corrected chi connectivity index (χ0v) is 10.2. The molecule has 94 valence electrons. The van der Waals surface area contributed by atoms with Crippen LogP contribution in [0.3, 0.4) is 0 Å². The van der Waals surface area contributed by atoms with Crippen LogP contribution in [-0.4, -0.2) is 43.7 Å². The van der Waals surface area contributed by atoms with Gasteiger partial charge in [-0.25, -0.2) is 5.84 Å². The Balaban J connectivity index is 2.41. The fourth-order valence-corrected chi connectivity index (χ4v) is 2.28. The molecule has 1 aliphatic heterocycles. The molecule has 1 saturated heterocycles. The highest BCUT2D eigenvalue weighted by Gasteiger charge is 2.24. The van der Waals surface area contributed by atoms with Gasteiger partial charge < -0.3 is 4.74 Å². The summed E-state index contributed by atoms with van der Waals surface area (Å²) in [4.78, 5) is 13.6. The van der Waals surface area contributed by atoms with Crippen molar-refractivity contribution in [1.82, 2.24) is 10.3 Å². The molecule has 0 aromatic rings. The molecule has 0 bridgehead atoms. The molecule has 5 heteroatoms. The second kappa shape index (κ2) is 6.83. The summed E-state index contributed by atoms with van der Waals surface area (Å²) < 4.78 is 5.43. The van der Waals surface area contributed by atoms with Crippen molar-refractivity contribution in [3.05, 3.63) is 0 Å². The van der Waals surface area contributed by atoms with Gasteiger partial charge in [-0.05, 0) is 32.2 Å². The molecule has 1 amide bonds. The Morgan fingerprint density at radius 2 is 2.44 bits per heavy atom.